The van der Waals surface area contributed by atoms with Crippen LogP contribution in [0.4, 0.5) is 0 Å². The fraction of sp³-hybridized carbons (Fsp3) is 0.400. The first-order valence-electron chi connectivity index (χ1n) is 7.17. The molecule has 0 spiro atoms. The predicted molar refractivity (Wildman–Crippen MR) is 91.1 cm³/mol. The van der Waals surface area contributed by atoms with E-state index in [1.54, 1.807) is 24.5 Å². The van der Waals surface area contributed by atoms with Crippen molar-refractivity contribution in [1.82, 2.24) is 10.2 Å². The molecule has 0 radical (unpaired) electrons. The van der Waals surface area contributed by atoms with Gasteiger partial charge in [-0.05, 0) is 18.6 Å². The van der Waals surface area contributed by atoms with E-state index in [1.807, 2.05) is 0 Å². The van der Waals surface area contributed by atoms with Crippen molar-refractivity contribution < 1.29 is 14.0 Å². The average molecular weight is 338 g/mol. The summed E-state index contributed by atoms with van der Waals surface area (Å²) < 4.78 is 5.68. The van der Waals surface area contributed by atoms with Gasteiger partial charge < -0.3 is 9.73 Å². The van der Waals surface area contributed by atoms with E-state index in [9.17, 15) is 9.59 Å². The van der Waals surface area contributed by atoms with Crippen LogP contribution in [0.1, 0.15) is 31.9 Å². The number of thioether (sulfide) groups is 1. The van der Waals surface area contributed by atoms with Gasteiger partial charge in [0, 0.05) is 25.6 Å². The molecule has 0 bridgehead atoms. The van der Waals surface area contributed by atoms with Gasteiger partial charge in [0.2, 0.25) is 5.91 Å². The minimum atomic E-state index is -0.173. The summed E-state index contributed by atoms with van der Waals surface area (Å²) in [4.78, 5) is 26.0. The third-order valence-electron chi connectivity index (χ3n) is 3.11. The van der Waals surface area contributed by atoms with Crippen LogP contribution in [0.2, 0.25) is 0 Å². The average Bonchev–Trinajstić information content (AvgIpc) is 3.08. The zero-order valence-corrected chi connectivity index (χ0v) is 14.0. The molecule has 1 aliphatic rings. The quantitative estimate of drug-likeness (QED) is 0.470. The van der Waals surface area contributed by atoms with E-state index in [0.29, 0.717) is 28.1 Å². The summed E-state index contributed by atoms with van der Waals surface area (Å²) in [5.41, 5.74) is 0. The molecule has 1 N–H and O–H groups in total. The second-order valence-corrected chi connectivity index (χ2v) is 6.48. The molecule has 5 nitrogen and oxygen atoms in total. The van der Waals surface area contributed by atoms with Crippen molar-refractivity contribution in [2.24, 2.45) is 0 Å². The standard InChI is InChI=1S/C15H18N2O3S2/c1-2-3-7-16-13(18)6-8-17-14(19)12(22-15(17)21)10-11-5-4-9-20-11/h4-5,9-10H,2-3,6-8H2,1H3,(H,16,18). The molecule has 2 heterocycles. The molecule has 0 aromatic carbocycles. The smallest absolute Gasteiger partial charge is 0.266 e. The molecular formula is C15H18N2O3S2. The van der Waals surface area contributed by atoms with Crippen LogP contribution in [0.3, 0.4) is 0 Å². The Morgan fingerprint density at radius 1 is 1.55 bits per heavy atom. The third kappa shape index (κ3) is 4.45. The maximum absolute atomic E-state index is 12.3. The van der Waals surface area contributed by atoms with Crippen molar-refractivity contribution in [3.05, 3.63) is 29.1 Å². The molecule has 118 valence electrons. The summed E-state index contributed by atoms with van der Waals surface area (Å²) in [7, 11) is 0. The van der Waals surface area contributed by atoms with Crippen LogP contribution < -0.4 is 5.32 Å². The maximum Gasteiger partial charge on any atom is 0.266 e. The Morgan fingerprint density at radius 2 is 2.36 bits per heavy atom. The summed E-state index contributed by atoms with van der Waals surface area (Å²) in [5.74, 6) is 0.378. The largest absolute Gasteiger partial charge is 0.465 e. The predicted octanol–water partition coefficient (Wildman–Crippen LogP) is 2.79. The number of carbonyl (C=O) groups is 2. The number of rotatable bonds is 7. The molecule has 1 aliphatic heterocycles. The Bertz CT molecular complexity index is 582. The molecule has 0 saturated carbocycles. The lowest BCUT2D eigenvalue weighted by Crippen LogP contribution is -2.33. The number of thiocarbonyl (C=S) groups is 1. The summed E-state index contributed by atoms with van der Waals surface area (Å²) in [6.45, 7) is 3.04. The Labute approximate surface area is 139 Å². The second kappa shape index (κ2) is 8.14. The molecule has 22 heavy (non-hydrogen) atoms. The van der Waals surface area contributed by atoms with Gasteiger partial charge in [0.05, 0.1) is 11.2 Å². The summed E-state index contributed by atoms with van der Waals surface area (Å²) in [6, 6.07) is 3.53. The first-order chi connectivity index (χ1) is 10.6. The van der Waals surface area contributed by atoms with Crippen LogP contribution >= 0.6 is 24.0 Å². The van der Waals surface area contributed by atoms with Crippen molar-refractivity contribution in [3.63, 3.8) is 0 Å². The highest BCUT2D eigenvalue weighted by molar-refractivity contribution is 8.26. The van der Waals surface area contributed by atoms with E-state index in [1.165, 1.54) is 16.7 Å². The number of hydrogen-bond donors (Lipinski definition) is 1. The van der Waals surface area contributed by atoms with Crippen LogP contribution in [-0.2, 0) is 9.59 Å². The molecule has 0 unspecified atom stereocenters. The lowest BCUT2D eigenvalue weighted by Gasteiger charge is -2.14. The zero-order valence-electron chi connectivity index (χ0n) is 12.3. The normalized spacial score (nSPS) is 16.6. The Morgan fingerprint density at radius 3 is 3.05 bits per heavy atom. The first-order valence-corrected chi connectivity index (χ1v) is 8.40. The Kier molecular flexibility index (Phi) is 6.21. The summed E-state index contributed by atoms with van der Waals surface area (Å²) >= 11 is 6.44. The molecule has 1 aromatic heterocycles. The van der Waals surface area contributed by atoms with E-state index in [0.717, 1.165) is 12.8 Å². The lowest BCUT2D eigenvalue weighted by molar-refractivity contribution is -0.123. The molecule has 0 aliphatic carbocycles. The van der Waals surface area contributed by atoms with E-state index < -0.39 is 0 Å². The number of hydrogen-bond acceptors (Lipinski definition) is 5. The van der Waals surface area contributed by atoms with Gasteiger partial charge in [-0.1, -0.05) is 37.3 Å². The van der Waals surface area contributed by atoms with Gasteiger partial charge in [-0.2, -0.15) is 0 Å². The second-order valence-electron chi connectivity index (χ2n) is 4.80. The summed E-state index contributed by atoms with van der Waals surface area (Å²) in [6.07, 6.45) is 5.46. The Hall–Kier alpha value is -1.60. The molecule has 1 aromatic rings. The van der Waals surface area contributed by atoms with Crippen molar-refractivity contribution in [1.29, 1.82) is 0 Å². The summed E-state index contributed by atoms with van der Waals surface area (Å²) in [5, 5.41) is 2.83. The first kappa shape index (κ1) is 16.8. The van der Waals surface area contributed by atoms with E-state index >= 15 is 0 Å². The Balaban J connectivity index is 1.88. The number of furan rings is 1. The molecule has 2 amide bonds. The van der Waals surface area contributed by atoms with Gasteiger partial charge in [-0.25, -0.2) is 0 Å². The van der Waals surface area contributed by atoms with Crippen LogP contribution in [0.15, 0.2) is 27.7 Å². The zero-order chi connectivity index (χ0) is 15.9. The minimum absolute atomic E-state index is 0.0579. The van der Waals surface area contributed by atoms with Crippen LogP contribution in [-0.4, -0.2) is 34.1 Å². The van der Waals surface area contributed by atoms with E-state index in [4.69, 9.17) is 16.6 Å². The minimum Gasteiger partial charge on any atom is -0.465 e. The van der Waals surface area contributed by atoms with Gasteiger partial charge in [-0.3, -0.25) is 14.5 Å². The highest BCUT2D eigenvalue weighted by atomic mass is 32.2. The number of carbonyl (C=O) groups excluding carboxylic acids is 2. The molecule has 0 atom stereocenters. The van der Waals surface area contributed by atoms with Crippen molar-refractivity contribution in [2.75, 3.05) is 13.1 Å². The van der Waals surface area contributed by atoms with Crippen molar-refractivity contribution >= 4 is 46.2 Å². The number of nitrogens with zero attached hydrogens (tertiary/aromatic N) is 1. The van der Waals surface area contributed by atoms with Gasteiger partial charge in [0.1, 0.15) is 10.1 Å². The number of amides is 2. The van der Waals surface area contributed by atoms with Gasteiger partial charge in [-0.15, -0.1) is 0 Å². The monoisotopic (exact) mass is 338 g/mol. The van der Waals surface area contributed by atoms with Gasteiger partial charge >= 0.3 is 0 Å². The fourth-order valence-corrected chi connectivity index (χ4v) is 3.19. The SMILES string of the molecule is CCCCNC(=O)CCN1C(=O)C(=Cc2ccco2)SC1=S. The van der Waals surface area contributed by atoms with Crippen LogP contribution in [0.5, 0.6) is 0 Å². The molecule has 2 rings (SSSR count). The lowest BCUT2D eigenvalue weighted by atomic mass is 10.3. The molecule has 1 saturated heterocycles. The van der Waals surface area contributed by atoms with Crippen molar-refractivity contribution in [2.45, 2.75) is 26.2 Å². The van der Waals surface area contributed by atoms with Crippen LogP contribution in [0, 0.1) is 0 Å². The van der Waals surface area contributed by atoms with Gasteiger partial charge in [0.15, 0.2) is 0 Å². The van der Waals surface area contributed by atoms with E-state index in [-0.39, 0.29) is 18.2 Å². The fourth-order valence-electron chi connectivity index (χ4n) is 1.90. The highest BCUT2D eigenvalue weighted by Gasteiger charge is 2.32. The van der Waals surface area contributed by atoms with Crippen molar-refractivity contribution in [3.8, 4) is 0 Å². The van der Waals surface area contributed by atoms with Gasteiger partial charge in [0.25, 0.3) is 5.91 Å². The molecule has 1 fully saturated rings. The molecule has 7 heteroatoms. The number of unbranched alkanes of at least 4 members (excludes halogenated alkanes) is 1. The molecular weight excluding hydrogens is 320 g/mol. The van der Waals surface area contributed by atoms with E-state index in [2.05, 4.69) is 12.2 Å². The third-order valence-corrected chi connectivity index (χ3v) is 4.48. The maximum atomic E-state index is 12.3. The highest BCUT2D eigenvalue weighted by Crippen LogP contribution is 2.32. The number of nitrogens with one attached hydrogen (secondary N) is 1. The topological polar surface area (TPSA) is 62.6 Å². The van der Waals surface area contributed by atoms with Crippen LogP contribution in [0.25, 0.3) is 6.08 Å².